The normalized spacial score (nSPS) is 14.3. The molecule has 1 aromatic rings. The highest BCUT2D eigenvalue weighted by molar-refractivity contribution is 7.88. The van der Waals surface area contributed by atoms with Crippen LogP contribution in [-0.2, 0) is 16.6 Å². The van der Waals surface area contributed by atoms with Gasteiger partial charge in [-0.05, 0) is 13.0 Å². The van der Waals surface area contributed by atoms with Gasteiger partial charge in [0.25, 0.3) is 0 Å². The molecule has 1 rings (SSSR count). The Morgan fingerprint density at radius 1 is 1.62 bits per heavy atom. The van der Waals surface area contributed by atoms with E-state index in [1.54, 1.807) is 30.1 Å². The van der Waals surface area contributed by atoms with Crippen LogP contribution in [0.15, 0.2) is 18.5 Å². The lowest BCUT2D eigenvalue weighted by Crippen LogP contribution is -2.34. The molecule has 1 atom stereocenters. The van der Waals surface area contributed by atoms with Gasteiger partial charge in [0.05, 0.1) is 12.8 Å². The van der Waals surface area contributed by atoms with Gasteiger partial charge in [0.1, 0.15) is 0 Å². The molecule has 1 N–H and O–H groups in total. The maximum Gasteiger partial charge on any atom is 0.209 e. The van der Waals surface area contributed by atoms with E-state index in [1.807, 2.05) is 0 Å². The summed E-state index contributed by atoms with van der Waals surface area (Å²) in [5.41, 5.74) is 0. The zero-order valence-electron chi connectivity index (χ0n) is 7.64. The van der Waals surface area contributed by atoms with Crippen LogP contribution in [0.5, 0.6) is 0 Å². The number of sulfonamides is 1. The van der Waals surface area contributed by atoms with Crippen molar-refractivity contribution in [2.24, 2.45) is 0 Å². The van der Waals surface area contributed by atoms with E-state index in [1.165, 1.54) is 0 Å². The molecule has 1 aromatic heterocycles. The number of nitrogens with zero attached hydrogens (tertiary/aromatic N) is 2. The van der Waals surface area contributed by atoms with E-state index >= 15 is 0 Å². The van der Waals surface area contributed by atoms with Gasteiger partial charge in [0, 0.05) is 18.4 Å². The monoisotopic (exact) mass is 203 g/mol. The van der Waals surface area contributed by atoms with Crippen LogP contribution in [0.25, 0.3) is 0 Å². The Balaban J connectivity index is 2.47. The summed E-state index contributed by atoms with van der Waals surface area (Å²) in [5, 5.41) is 3.97. The van der Waals surface area contributed by atoms with Crippen molar-refractivity contribution in [1.29, 1.82) is 0 Å². The first-order valence-corrected chi connectivity index (χ1v) is 5.81. The number of aromatic nitrogens is 2. The molecule has 0 spiro atoms. The van der Waals surface area contributed by atoms with Crippen LogP contribution < -0.4 is 4.72 Å². The van der Waals surface area contributed by atoms with Gasteiger partial charge in [-0.25, -0.2) is 13.1 Å². The van der Waals surface area contributed by atoms with E-state index in [0.717, 1.165) is 6.26 Å². The third-order valence-electron chi connectivity index (χ3n) is 1.44. The maximum absolute atomic E-state index is 10.8. The summed E-state index contributed by atoms with van der Waals surface area (Å²) in [6.07, 6.45) is 4.60. The van der Waals surface area contributed by atoms with Crippen molar-refractivity contribution in [3.63, 3.8) is 0 Å². The van der Waals surface area contributed by atoms with E-state index in [4.69, 9.17) is 0 Å². The highest BCUT2D eigenvalue weighted by atomic mass is 32.2. The summed E-state index contributed by atoms with van der Waals surface area (Å²) in [5.74, 6) is 0. The van der Waals surface area contributed by atoms with Gasteiger partial charge in [-0.3, -0.25) is 4.68 Å². The number of hydrogen-bond donors (Lipinski definition) is 1. The van der Waals surface area contributed by atoms with Crippen molar-refractivity contribution in [2.75, 3.05) is 6.26 Å². The minimum atomic E-state index is -3.12. The van der Waals surface area contributed by atoms with Crippen LogP contribution in [0.3, 0.4) is 0 Å². The molecule has 0 unspecified atom stereocenters. The first kappa shape index (κ1) is 10.2. The molecule has 0 fully saturated rings. The molecule has 0 bridgehead atoms. The third-order valence-corrected chi connectivity index (χ3v) is 2.27. The van der Waals surface area contributed by atoms with E-state index in [2.05, 4.69) is 9.82 Å². The SMILES string of the molecule is C[C@H](Cn1cccn1)NS(C)(=O)=O. The largest absolute Gasteiger partial charge is 0.271 e. The van der Waals surface area contributed by atoms with E-state index in [0.29, 0.717) is 6.54 Å². The Bertz CT molecular complexity index is 344. The van der Waals surface area contributed by atoms with Crippen LogP contribution in [-0.4, -0.2) is 30.5 Å². The van der Waals surface area contributed by atoms with Gasteiger partial charge in [-0.2, -0.15) is 5.10 Å². The van der Waals surface area contributed by atoms with Gasteiger partial charge in [-0.1, -0.05) is 0 Å². The van der Waals surface area contributed by atoms with Gasteiger partial charge < -0.3 is 0 Å². The molecular formula is C7H13N3O2S. The Morgan fingerprint density at radius 3 is 2.77 bits per heavy atom. The zero-order chi connectivity index (χ0) is 9.90. The Morgan fingerprint density at radius 2 is 2.31 bits per heavy atom. The standard InChI is InChI=1S/C7H13N3O2S/c1-7(9-13(2,11)12)6-10-5-3-4-8-10/h3-5,7,9H,6H2,1-2H3/t7-/m1/s1. The molecule has 13 heavy (non-hydrogen) atoms. The van der Waals surface area contributed by atoms with Crippen LogP contribution in [0, 0.1) is 0 Å². The molecule has 6 heteroatoms. The molecule has 5 nitrogen and oxygen atoms in total. The van der Waals surface area contributed by atoms with Gasteiger partial charge >= 0.3 is 0 Å². The van der Waals surface area contributed by atoms with Crippen LogP contribution in [0.4, 0.5) is 0 Å². The molecule has 0 aliphatic carbocycles. The fourth-order valence-corrected chi connectivity index (χ4v) is 1.90. The summed E-state index contributed by atoms with van der Waals surface area (Å²) in [6, 6.07) is 1.66. The summed E-state index contributed by atoms with van der Waals surface area (Å²) < 4.78 is 25.8. The van der Waals surface area contributed by atoms with Gasteiger partial charge in [0.15, 0.2) is 0 Å². The van der Waals surface area contributed by atoms with Crippen molar-refractivity contribution in [1.82, 2.24) is 14.5 Å². The number of nitrogens with one attached hydrogen (secondary N) is 1. The Labute approximate surface area is 77.8 Å². The molecule has 0 aliphatic heterocycles. The fourth-order valence-electron chi connectivity index (χ4n) is 1.09. The summed E-state index contributed by atoms with van der Waals surface area (Å²) in [6.45, 7) is 2.34. The van der Waals surface area contributed by atoms with Crippen molar-refractivity contribution in [3.05, 3.63) is 18.5 Å². The Kier molecular flexibility index (Phi) is 3.05. The van der Waals surface area contributed by atoms with Gasteiger partial charge in [-0.15, -0.1) is 0 Å². The lowest BCUT2D eigenvalue weighted by Gasteiger charge is -2.11. The van der Waals surface area contributed by atoms with Crippen molar-refractivity contribution in [3.8, 4) is 0 Å². The smallest absolute Gasteiger partial charge is 0.209 e. The average molecular weight is 203 g/mol. The summed E-state index contributed by atoms with van der Waals surface area (Å²) >= 11 is 0. The van der Waals surface area contributed by atoms with Crippen LogP contribution in [0.2, 0.25) is 0 Å². The minimum absolute atomic E-state index is 0.144. The first-order chi connectivity index (χ1) is 5.97. The molecule has 0 aromatic carbocycles. The minimum Gasteiger partial charge on any atom is -0.271 e. The predicted octanol–water partition coefficient (Wildman–Crippen LogP) is -0.179. The Hall–Kier alpha value is -0.880. The number of rotatable bonds is 4. The zero-order valence-corrected chi connectivity index (χ0v) is 8.45. The van der Waals surface area contributed by atoms with E-state index in [-0.39, 0.29) is 6.04 Å². The van der Waals surface area contributed by atoms with Crippen molar-refractivity contribution in [2.45, 2.75) is 19.5 Å². The quantitative estimate of drug-likeness (QED) is 0.738. The molecule has 0 saturated heterocycles. The molecule has 1 heterocycles. The maximum atomic E-state index is 10.8. The second-order valence-electron chi connectivity index (χ2n) is 3.02. The molecule has 0 amide bonds. The summed E-state index contributed by atoms with van der Waals surface area (Å²) in [4.78, 5) is 0. The molecule has 0 radical (unpaired) electrons. The van der Waals surface area contributed by atoms with Crippen molar-refractivity contribution >= 4 is 10.0 Å². The summed E-state index contributed by atoms with van der Waals surface area (Å²) in [7, 11) is -3.12. The lowest BCUT2D eigenvalue weighted by atomic mass is 10.4. The van der Waals surface area contributed by atoms with E-state index < -0.39 is 10.0 Å². The van der Waals surface area contributed by atoms with Crippen LogP contribution in [0.1, 0.15) is 6.92 Å². The third kappa shape index (κ3) is 4.05. The highest BCUT2D eigenvalue weighted by Crippen LogP contribution is 1.91. The average Bonchev–Trinajstić information content (AvgIpc) is 2.34. The topological polar surface area (TPSA) is 64.0 Å². The number of hydrogen-bond acceptors (Lipinski definition) is 3. The first-order valence-electron chi connectivity index (χ1n) is 3.92. The lowest BCUT2D eigenvalue weighted by molar-refractivity contribution is 0.496. The van der Waals surface area contributed by atoms with Crippen LogP contribution >= 0.6 is 0 Å². The molecule has 0 aliphatic rings. The second-order valence-corrected chi connectivity index (χ2v) is 4.80. The highest BCUT2D eigenvalue weighted by Gasteiger charge is 2.08. The van der Waals surface area contributed by atoms with Gasteiger partial charge in [0.2, 0.25) is 10.0 Å². The predicted molar refractivity (Wildman–Crippen MR) is 49.7 cm³/mol. The molecular weight excluding hydrogens is 190 g/mol. The second kappa shape index (κ2) is 3.89. The van der Waals surface area contributed by atoms with E-state index in [9.17, 15) is 8.42 Å². The van der Waals surface area contributed by atoms with Crippen molar-refractivity contribution < 1.29 is 8.42 Å². The fraction of sp³-hybridized carbons (Fsp3) is 0.571. The molecule has 74 valence electrons. The molecule has 0 saturated carbocycles.